The number of hydrogen-bond donors (Lipinski definition) is 1. The molecule has 0 aliphatic carbocycles. The first kappa shape index (κ1) is 10.9. The quantitative estimate of drug-likeness (QED) is 0.767. The highest BCUT2D eigenvalue weighted by Gasteiger charge is 2.09. The highest BCUT2D eigenvalue weighted by molar-refractivity contribution is 6.18. The van der Waals surface area contributed by atoms with E-state index in [-0.39, 0.29) is 11.9 Å². The largest absolute Gasteiger partial charge is 0.347 e. The molecule has 0 bridgehead atoms. The van der Waals surface area contributed by atoms with Crippen LogP contribution in [-0.2, 0) is 0 Å². The second kappa shape index (κ2) is 4.91. The first-order valence-electron chi connectivity index (χ1n) is 4.30. The number of nitrogens with one attached hydrogen (secondary N) is 1. The molecule has 1 unspecified atom stereocenters. The van der Waals surface area contributed by atoms with E-state index in [9.17, 15) is 4.79 Å². The fourth-order valence-corrected chi connectivity index (χ4v) is 0.933. The highest BCUT2D eigenvalue weighted by Crippen LogP contribution is 1.96. The zero-order valence-corrected chi connectivity index (χ0v) is 8.88. The van der Waals surface area contributed by atoms with Crippen LogP contribution in [0, 0.1) is 6.92 Å². The van der Waals surface area contributed by atoms with Crippen LogP contribution in [0.4, 0.5) is 0 Å². The van der Waals surface area contributed by atoms with Gasteiger partial charge in [0.15, 0.2) is 5.69 Å². The van der Waals surface area contributed by atoms with Gasteiger partial charge >= 0.3 is 0 Å². The van der Waals surface area contributed by atoms with Gasteiger partial charge in [0.05, 0.1) is 5.69 Å². The number of nitrogens with zero attached hydrogens (tertiary/aromatic N) is 2. The second-order valence-corrected chi connectivity index (χ2v) is 3.40. The Morgan fingerprint density at radius 1 is 1.57 bits per heavy atom. The van der Waals surface area contributed by atoms with Crippen LogP contribution in [0.5, 0.6) is 0 Å². The van der Waals surface area contributed by atoms with Crippen LogP contribution in [0.3, 0.4) is 0 Å². The van der Waals surface area contributed by atoms with E-state index >= 15 is 0 Å². The second-order valence-electron chi connectivity index (χ2n) is 3.09. The molecule has 4 nitrogen and oxygen atoms in total. The van der Waals surface area contributed by atoms with Gasteiger partial charge in [0, 0.05) is 11.9 Å². The van der Waals surface area contributed by atoms with Gasteiger partial charge in [-0.2, -0.15) is 5.10 Å². The van der Waals surface area contributed by atoms with Gasteiger partial charge in [0.1, 0.15) is 0 Å². The number of amides is 1. The molecule has 0 spiro atoms. The van der Waals surface area contributed by atoms with Crippen molar-refractivity contribution in [2.45, 2.75) is 19.9 Å². The van der Waals surface area contributed by atoms with E-state index in [0.717, 1.165) is 5.69 Å². The van der Waals surface area contributed by atoms with E-state index in [1.54, 1.807) is 12.1 Å². The SMILES string of the molecule is Cc1ccc(C(=O)NC(C)CCl)nn1. The maximum Gasteiger partial charge on any atom is 0.272 e. The summed E-state index contributed by atoms with van der Waals surface area (Å²) in [5.74, 6) is 0.135. The molecular formula is C9H12ClN3O. The third-order valence-corrected chi connectivity index (χ3v) is 2.10. The molecule has 0 aromatic carbocycles. The van der Waals surface area contributed by atoms with Gasteiger partial charge in [-0.3, -0.25) is 4.79 Å². The lowest BCUT2D eigenvalue weighted by Gasteiger charge is -2.09. The molecule has 1 N–H and O–H groups in total. The van der Waals surface area contributed by atoms with Crippen LogP contribution in [0.25, 0.3) is 0 Å². The third kappa shape index (κ3) is 2.96. The highest BCUT2D eigenvalue weighted by atomic mass is 35.5. The van der Waals surface area contributed by atoms with Gasteiger partial charge in [-0.05, 0) is 26.0 Å². The Morgan fingerprint density at radius 2 is 2.29 bits per heavy atom. The first-order chi connectivity index (χ1) is 6.63. The van der Waals surface area contributed by atoms with E-state index in [0.29, 0.717) is 11.6 Å². The maximum absolute atomic E-state index is 11.5. The van der Waals surface area contributed by atoms with Crippen LogP contribution in [0.15, 0.2) is 12.1 Å². The number of alkyl halides is 1. The fourth-order valence-electron chi connectivity index (χ4n) is 0.856. The van der Waals surface area contributed by atoms with Crippen molar-refractivity contribution in [3.63, 3.8) is 0 Å². The van der Waals surface area contributed by atoms with Crippen LogP contribution < -0.4 is 5.32 Å². The topological polar surface area (TPSA) is 54.9 Å². The smallest absolute Gasteiger partial charge is 0.272 e. The van der Waals surface area contributed by atoms with Crippen LogP contribution in [0.1, 0.15) is 23.1 Å². The number of carbonyl (C=O) groups is 1. The van der Waals surface area contributed by atoms with E-state index in [1.807, 2.05) is 13.8 Å². The Labute approximate surface area is 87.7 Å². The van der Waals surface area contributed by atoms with Crippen molar-refractivity contribution in [3.05, 3.63) is 23.5 Å². The molecule has 14 heavy (non-hydrogen) atoms. The maximum atomic E-state index is 11.5. The average molecular weight is 214 g/mol. The molecule has 1 aromatic heterocycles. The van der Waals surface area contributed by atoms with Gasteiger partial charge in [-0.25, -0.2) is 0 Å². The van der Waals surface area contributed by atoms with Crippen molar-refractivity contribution in [2.24, 2.45) is 0 Å². The third-order valence-electron chi connectivity index (χ3n) is 1.64. The summed E-state index contributed by atoms with van der Waals surface area (Å²) in [7, 11) is 0. The molecule has 0 radical (unpaired) electrons. The zero-order chi connectivity index (χ0) is 10.6. The number of rotatable bonds is 3. The first-order valence-corrected chi connectivity index (χ1v) is 4.84. The Kier molecular flexibility index (Phi) is 3.83. The molecule has 0 aliphatic rings. The standard InChI is InChI=1S/C9H12ClN3O/c1-6-3-4-8(13-12-6)9(14)11-7(2)5-10/h3-4,7H,5H2,1-2H3,(H,11,14). The summed E-state index contributed by atoms with van der Waals surface area (Å²) in [5.41, 5.74) is 1.10. The van der Waals surface area contributed by atoms with Crippen molar-refractivity contribution < 1.29 is 4.79 Å². The molecule has 1 atom stereocenters. The minimum Gasteiger partial charge on any atom is -0.347 e. The zero-order valence-electron chi connectivity index (χ0n) is 8.12. The molecule has 76 valence electrons. The molecule has 1 aromatic rings. The molecule has 1 rings (SSSR count). The van der Waals surface area contributed by atoms with E-state index < -0.39 is 0 Å². The molecule has 5 heteroatoms. The molecule has 1 amide bonds. The summed E-state index contributed by atoms with van der Waals surface area (Å²) < 4.78 is 0. The number of aromatic nitrogens is 2. The lowest BCUT2D eigenvalue weighted by Crippen LogP contribution is -2.34. The molecule has 0 saturated heterocycles. The summed E-state index contributed by atoms with van der Waals surface area (Å²) in [6, 6.07) is 3.32. The Bertz CT molecular complexity index is 312. The Balaban J connectivity index is 2.65. The minimum absolute atomic E-state index is 0.0627. The van der Waals surface area contributed by atoms with E-state index in [2.05, 4.69) is 15.5 Å². The minimum atomic E-state index is -0.245. The molecular weight excluding hydrogens is 202 g/mol. The van der Waals surface area contributed by atoms with Gasteiger partial charge < -0.3 is 5.32 Å². The lowest BCUT2D eigenvalue weighted by molar-refractivity contribution is 0.0937. The molecule has 0 fully saturated rings. The number of carbonyl (C=O) groups excluding carboxylic acids is 1. The van der Waals surface area contributed by atoms with Crippen LogP contribution >= 0.6 is 11.6 Å². The predicted molar refractivity (Wildman–Crippen MR) is 54.4 cm³/mol. The number of halogens is 1. The molecule has 0 saturated carbocycles. The average Bonchev–Trinajstić information content (AvgIpc) is 2.18. The van der Waals surface area contributed by atoms with Gasteiger partial charge in [-0.1, -0.05) is 0 Å². The van der Waals surface area contributed by atoms with Crippen LogP contribution in [0.2, 0.25) is 0 Å². The van der Waals surface area contributed by atoms with Gasteiger partial charge in [0.25, 0.3) is 5.91 Å². The van der Waals surface area contributed by atoms with Gasteiger partial charge in [0.2, 0.25) is 0 Å². The fraction of sp³-hybridized carbons (Fsp3) is 0.444. The molecule has 0 aliphatic heterocycles. The summed E-state index contributed by atoms with van der Waals surface area (Å²) >= 11 is 5.56. The number of hydrogen-bond acceptors (Lipinski definition) is 3. The summed E-state index contributed by atoms with van der Waals surface area (Å²) in [5, 5.41) is 10.2. The Morgan fingerprint density at radius 3 is 2.79 bits per heavy atom. The van der Waals surface area contributed by atoms with Gasteiger partial charge in [-0.15, -0.1) is 16.7 Å². The number of aryl methyl sites for hydroxylation is 1. The van der Waals surface area contributed by atoms with Crippen LogP contribution in [-0.4, -0.2) is 28.0 Å². The van der Waals surface area contributed by atoms with Crippen molar-refractivity contribution in [1.82, 2.24) is 15.5 Å². The summed E-state index contributed by atoms with van der Waals surface area (Å²) in [6.07, 6.45) is 0. The van der Waals surface area contributed by atoms with E-state index in [4.69, 9.17) is 11.6 Å². The normalized spacial score (nSPS) is 12.2. The van der Waals surface area contributed by atoms with Crippen molar-refractivity contribution >= 4 is 17.5 Å². The summed E-state index contributed by atoms with van der Waals surface area (Å²) in [4.78, 5) is 11.5. The predicted octanol–water partition coefficient (Wildman–Crippen LogP) is 1.14. The van der Waals surface area contributed by atoms with Crippen molar-refractivity contribution in [3.8, 4) is 0 Å². The molecule has 1 heterocycles. The Hall–Kier alpha value is -1.16. The lowest BCUT2D eigenvalue weighted by atomic mass is 10.3. The van der Waals surface area contributed by atoms with Crippen molar-refractivity contribution in [1.29, 1.82) is 0 Å². The van der Waals surface area contributed by atoms with Crippen molar-refractivity contribution in [2.75, 3.05) is 5.88 Å². The van der Waals surface area contributed by atoms with E-state index in [1.165, 1.54) is 0 Å². The summed E-state index contributed by atoms with van der Waals surface area (Å²) in [6.45, 7) is 3.64. The monoisotopic (exact) mass is 213 g/mol.